The van der Waals surface area contributed by atoms with Crippen molar-refractivity contribution in [1.82, 2.24) is 0 Å². The minimum atomic E-state index is -1.78. The molecular weight excluding hydrogens is 805 g/mol. The van der Waals surface area contributed by atoms with E-state index in [2.05, 4.69) is 19.9 Å². The summed E-state index contributed by atoms with van der Waals surface area (Å²) < 4.78 is 33.3. The zero-order valence-electron chi connectivity index (χ0n) is 37.1. The quantitative estimate of drug-likeness (QED) is 0.0263. The second-order valence-corrected chi connectivity index (χ2v) is 16.0. The summed E-state index contributed by atoms with van der Waals surface area (Å²) >= 11 is 0. The van der Waals surface area contributed by atoms with E-state index in [0.29, 0.717) is 19.3 Å². The highest BCUT2D eigenvalue weighted by atomic mass is 16.7. The van der Waals surface area contributed by atoms with Crippen LogP contribution in [0.3, 0.4) is 0 Å². The first-order valence-electron chi connectivity index (χ1n) is 22.9. The molecule has 2 saturated heterocycles. The lowest BCUT2D eigenvalue weighted by Crippen LogP contribution is -2.61. The van der Waals surface area contributed by atoms with Gasteiger partial charge in [-0.3, -0.25) is 9.59 Å². The molecule has 0 aliphatic carbocycles. The number of aliphatic hydroxyl groups is 7. The first-order valence-corrected chi connectivity index (χ1v) is 22.9. The van der Waals surface area contributed by atoms with Gasteiger partial charge in [-0.05, 0) is 25.7 Å². The van der Waals surface area contributed by atoms with Gasteiger partial charge in [-0.2, -0.15) is 0 Å². The summed E-state index contributed by atoms with van der Waals surface area (Å²) in [5.74, 6) is -1.02. The average molecular weight is 883 g/mol. The van der Waals surface area contributed by atoms with Crippen molar-refractivity contribution in [2.45, 2.75) is 197 Å². The maximum Gasteiger partial charge on any atom is 0.306 e. The average Bonchev–Trinajstić information content (AvgIpc) is 3.26. The van der Waals surface area contributed by atoms with Crippen LogP contribution in [-0.4, -0.2) is 142 Å². The Morgan fingerprint density at radius 1 is 0.532 bits per heavy atom. The fraction of sp³-hybridized carbons (Fsp3) is 0.745. The van der Waals surface area contributed by atoms with Gasteiger partial charge in [0.1, 0.15) is 55.4 Å². The van der Waals surface area contributed by atoms with Gasteiger partial charge < -0.3 is 64.2 Å². The minimum Gasteiger partial charge on any atom is -0.462 e. The highest BCUT2D eigenvalue weighted by Gasteiger charge is 2.47. The first-order chi connectivity index (χ1) is 30.0. The van der Waals surface area contributed by atoms with Gasteiger partial charge in [0, 0.05) is 12.8 Å². The van der Waals surface area contributed by atoms with Crippen molar-refractivity contribution in [2.24, 2.45) is 0 Å². The van der Waals surface area contributed by atoms with E-state index in [9.17, 15) is 45.3 Å². The molecule has 5 unspecified atom stereocenters. The van der Waals surface area contributed by atoms with Gasteiger partial charge in [0.2, 0.25) is 0 Å². The van der Waals surface area contributed by atoms with E-state index in [1.165, 1.54) is 57.8 Å². The molecule has 15 heteroatoms. The number of ether oxygens (including phenoxy) is 6. The van der Waals surface area contributed by atoms with Gasteiger partial charge in [-0.25, -0.2) is 0 Å². The molecule has 0 saturated carbocycles. The molecule has 11 atom stereocenters. The van der Waals surface area contributed by atoms with Gasteiger partial charge in [0.25, 0.3) is 0 Å². The molecule has 356 valence electrons. The monoisotopic (exact) mass is 883 g/mol. The Kier molecular flexibility index (Phi) is 30.9. The van der Waals surface area contributed by atoms with E-state index in [0.717, 1.165) is 25.7 Å². The van der Waals surface area contributed by atoms with E-state index in [4.69, 9.17) is 28.4 Å². The number of hydrogen-bond acceptors (Lipinski definition) is 15. The van der Waals surface area contributed by atoms with Gasteiger partial charge in [0.15, 0.2) is 18.7 Å². The highest BCUT2D eigenvalue weighted by molar-refractivity contribution is 5.70. The number of rotatable bonds is 33. The Balaban J connectivity index is 1.89. The lowest BCUT2D eigenvalue weighted by molar-refractivity contribution is -0.332. The molecule has 0 radical (unpaired) electrons. The second-order valence-electron chi connectivity index (χ2n) is 16.0. The molecule has 15 nitrogen and oxygen atoms in total. The largest absolute Gasteiger partial charge is 0.462 e. The Labute approximate surface area is 369 Å². The van der Waals surface area contributed by atoms with Crippen LogP contribution in [0.25, 0.3) is 0 Å². The summed E-state index contributed by atoms with van der Waals surface area (Å²) in [6.07, 6.45) is 19.9. The Hall–Kier alpha value is -2.80. The molecule has 2 aliphatic heterocycles. The number of unbranched alkanes of at least 4 members (excludes halogenated alkanes) is 13. The van der Waals surface area contributed by atoms with E-state index >= 15 is 0 Å². The van der Waals surface area contributed by atoms with Gasteiger partial charge in [0.05, 0.1) is 19.8 Å². The zero-order valence-corrected chi connectivity index (χ0v) is 37.1. The fourth-order valence-corrected chi connectivity index (χ4v) is 6.83. The summed E-state index contributed by atoms with van der Waals surface area (Å²) in [5.41, 5.74) is 0. The molecule has 2 rings (SSSR count). The molecule has 2 heterocycles. The molecule has 0 spiro atoms. The second kappa shape index (κ2) is 34.6. The third-order valence-corrected chi connectivity index (χ3v) is 10.6. The molecule has 0 amide bonds. The van der Waals surface area contributed by atoms with Crippen molar-refractivity contribution >= 4 is 11.9 Å². The molecule has 0 bridgehead atoms. The number of esters is 2. The van der Waals surface area contributed by atoms with Crippen LogP contribution in [0.1, 0.15) is 129 Å². The normalized spacial score (nSPS) is 27.6. The van der Waals surface area contributed by atoms with E-state index in [1.807, 2.05) is 54.7 Å². The predicted molar refractivity (Wildman–Crippen MR) is 233 cm³/mol. The van der Waals surface area contributed by atoms with Crippen LogP contribution >= 0.6 is 0 Å². The number of aliphatic hydroxyl groups excluding tert-OH is 7. The Morgan fingerprint density at radius 2 is 1.02 bits per heavy atom. The third kappa shape index (κ3) is 23.2. The molecular formula is C47H78O15. The smallest absolute Gasteiger partial charge is 0.306 e. The van der Waals surface area contributed by atoms with Crippen LogP contribution in [0, 0.1) is 0 Å². The van der Waals surface area contributed by atoms with Crippen LogP contribution in [0.5, 0.6) is 0 Å². The van der Waals surface area contributed by atoms with Crippen molar-refractivity contribution in [3.05, 3.63) is 60.8 Å². The first kappa shape index (κ1) is 55.3. The van der Waals surface area contributed by atoms with Crippen molar-refractivity contribution < 1.29 is 73.8 Å². The van der Waals surface area contributed by atoms with Crippen LogP contribution < -0.4 is 0 Å². The van der Waals surface area contributed by atoms with Gasteiger partial charge in [-0.15, -0.1) is 0 Å². The maximum atomic E-state index is 12.9. The highest BCUT2D eigenvalue weighted by Crippen LogP contribution is 2.26. The zero-order chi connectivity index (χ0) is 45.4. The fourth-order valence-electron chi connectivity index (χ4n) is 6.83. The molecule has 0 aromatic heterocycles. The maximum absolute atomic E-state index is 12.9. The van der Waals surface area contributed by atoms with Gasteiger partial charge in [-0.1, -0.05) is 152 Å². The summed E-state index contributed by atoms with van der Waals surface area (Å²) in [4.78, 5) is 25.6. The van der Waals surface area contributed by atoms with Crippen LogP contribution in [0.2, 0.25) is 0 Å². The number of carbonyl (C=O) groups excluding carboxylic acids is 2. The molecule has 2 fully saturated rings. The molecule has 7 N–H and O–H groups in total. The number of hydrogen-bond donors (Lipinski definition) is 7. The van der Waals surface area contributed by atoms with E-state index in [1.54, 1.807) is 0 Å². The Bertz CT molecular complexity index is 1320. The van der Waals surface area contributed by atoms with Crippen LogP contribution in [0.15, 0.2) is 60.8 Å². The SMILES string of the molecule is CC/C=C/C=C/C=C/C=C/C=C/CCCC(=O)OC(COC(=O)CCCCCCCCCCCCCCC)CO[C@@H]1O[C@H](CO[C@@H]2O[C@H](CO)[C@H](O)C(O)C2O)[C@H](O)C(O)C1O. The van der Waals surface area contributed by atoms with Crippen LogP contribution in [-0.2, 0) is 38.0 Å². The minimum absolute atomic E-state index is 0.0677. The lowest BCUT2D eigenvalue weighted by atomic mass is 9.98. The van der Waals surface area contributed by atoms with Crippen molar-refractivity contribution in [1.29, 1.82) is 0 Å². The number of carbonyl (C=O) groups is 2. The van der Waals surface area contributed by atoms with Crippen molar-refractivity contribution in [2.75, 3.05) is 26.4 Å². The summed E-state index contributed by atoms with van der Waals surface area (Å²) in [5, 5.41) is 71.8. The molecule has 2 aliphatic rings. The van der Waals surface area contributed by atoms with E-state index < -0.39 is 99.3 Å². The standard InChI is InChI=1S/C47H78O15/c1-3-5-7-9-11-13-15-17-19-21-23-25-27-29-38(49)57-32-35(60-39(50)30-28-26-24-22-20-18-16-14-12-10-8-6-4-2)33-58-46-45(56)43(54)41(52)37(62-46)34-59-47-44(55)42(53)40(51)36(31-48)61-47/h6,8,10,12,14,16,18,20,22,24,35-37,40-48,51-56H,3-5,7,9,11,13,15,17,19,21,23,25-34H2,1-2H3/b8-6+,12-10+,16-14+,20-18+,24-22+/t35?,36-,37-,40+,41+,42?,43?,44?,45?,46-,47-/m1/s1. The third-order valence-electron chi connectivity index (χ3n) is 10.6. The summed E-state index contributed by atoms with van der Waals surface area (Å²) in [7, 11) is 0. The van der Waals surface area contributed by atoms with Crippen molar-refractivity contribution in [3.8, 4) is 0 Å². The molecule has 0 aromatic carbocycles. The predicted octanol–water partition coefficient (Wildman–Crippen LogP) is 4.92. The van der Waals surface area contributed by atoms with E-state index in [-0.39, 0.29) is 19.4 Å². The lowest BCUT2D eigenvalue weighted by Gasteiger charge is -2.42. The summed E-state index contributed by atoms with van der Waals surface area (Å²) in [6.45, 7) is 2.33. The Morgan fingerprint density at radius 3 is 1.58 bits per heavy atom. The summed E-state index contributed by atoms with van der Waals surface area (Å²) in [6, 6.07) is 0. The number of allylic oxidation sites excluding steroid dienone is 10. The van der Waals surface area contributed by atoms with Gasteiger partial charge >= 0.3 is 11.9 Å². The molecule has 0 aromatic rings. The topological polar surface area (TPSA) is 231 Å². The molecule has 62 heavy (non-hydrogen) atoms. The van der Waals surface area contributed by atoms with Crippen LogP contribution in [0.4, 0.5) is 0 Å². The van der Waals surface area contributed by atoms with Crippen molar-refractivity contribution in [3.63, 3.8) is 0 Å².